The largest absolute Gasteiger partial charge is 0.352 e. The number of hydrogen-bond acceptors (Lipinski definition) is 3. The summed E-state index contributed by atoms with van der Waals surface area (Å²) in [7, 11) is 0. The van der Waals surface area contributed by atoms with E-state index in [9.17, 15) is 4.79 Å². The van der Waals surface area contributed by atoms with Crippen molar-refractivity contribution in [3.63, 3.8) is 0 Å². The van der Waals surface area contributed by atoms with E-state index in [1.807, 2.05) is 0 Å². The van der Waals surface area contributed by atoms with Crippen LogP contribution >= 0.6 is 0 Å². The first kappa shape index (κ1) is 8.68. The molecule has 3 heteroatoms. The van der Waals surface area contributed by atoms with E-state index in [0.717, 1.165) is 6.29 Å². The Bertz CT molecular complexity index is 127. The summed E-state index contributed by atoms with van der Waals surface area (Å²) in [4.78, 5) is 10.3. The van der Waals surface area contributed by atoms with Crippen molar-refractivity contribution >= 4 is 6.29 Å². The predicted octanol–water partition coefficient (Wildman–Crippen LogP) is 0.830. The number of aldehydes is 1. The number of ether oxygens (including phenoxy) is 2. The third kappa shape index (κ3) is 2.27. The van der Waals surface area contributed by atoms with Crippen molar-refractivity contribution in [2.75, 3.05) is 13.2 Å². The Morgan fingerprint density at radius 1 is 1.45 bits per heavy atom. The molecule has 0 bridgehead atoms. The molecule has 0 radical (unpaired) electrons. The van der Waals surface area contributed by atoms with E-state index in [2.05, 4.69) is 6.92 Å². The molecule has 1 saturated heterocycles. The molecule has 0 aromatic rings. The van der Waals surface area contributed by atoms with Crippen LogP contribution in [0.2, 0.25) is 0 Å². The molecule has 1 unspecified atom stereocenters. The highest BCUT2D eigenvalue weighted by Gasteiger charge is 2.23. The SMILES string of the molecule is CC1COC(C(C)C=O)OC1. The van der Waals surface area contributed by atoms with Crippen molar-refractivity contribution in [3.05, 3.63) is 0 Å². The zero-order valence-corrected chi connectivity index (χ0v) is 6.95. The van der Waals surface area contributed by atoms with Crippen LogP contribution in [0.3, 0.4) is 0 Å². The number of rotatable bonds is 2. The van der Waals surface area contributed by atoms with Gasteiger partial charge in [-0.25, -0.2) is 0 Å². The summed E-state index contributed by atoms with van der Waals surface area (Å²) >= 11 is 0. The lowest BCUT2D eigenvalue weighted by Gasteiger charge is -2.29. The minimum atomic E-state index is -0.316. The zero-order valence-electron chi connectivity index (χ0n) is 6.95. The lowest BCUT2D eigenvalue weighted by molar-refractivity contribution is -0.215. The lowest BCUT2D eigenvalue weighted by atomic mass is 10.1. The molecule has 11 heavy (non-hydrogen) atoms. The van der Waals surface area contributed by atoms with E-state index in [4.69, 9.17) is 9.47 Å². The number of carbonyl (C=O) groups is 1. The standard InChI is InChI=1S/C8H14O3/c1-6-4-10-8(11-5-6)7(2)3-9/h3,6-8H,4-5H2,1-2H3. The van der Waals surface area contributed by atoms with Gasteiger partial charge in [-0.1, -0.05) is 13.8 Å². The molecule has 0 spiro atoms. The maximum Gasteiger partial charge on any atom is 0.166 e. The van der Waals surface area contributed by atoms with Crippen LogP contribution in [0.5, 0.6) is 0 Å². The van der Waals surface area contributed by atoms with Crippen molar-refractivity contribution in [1.29, 1.82) is 0 Å². The maximum atomic E-state index is 10.3. The fraction of sp³-hybridized carbons (Fsp3) is 0.875. The molecule has 0 aromatic heterocycles. The molecular formula is C8H14O3. The van der Waals surface area contributed by atoms with Crippen LogP contribution in [0.25, 0.3) is 0 Å². The van der Waals surface area contributed by atoms with Crippen molar-refractivity contribution in [1.82, 2.24) is 0 Å². The molecule has 1 heterocycles. The number of hydrogen-bond donors (Lipinski definition) is 0. The highest BCUT2D eigenvalue weighted by Crippen LogP contribution is 2.15. The second kappa shape index (κ2) is 3.83. The summed E-state index contributed by atoms with van der Waals surface area (Å²) in [6.45, 7) is 5.25. The summed E-state index contributed by atoms with van der Waals surface area (Å²) < 4.78 is 10.6. The first-order chi connectivity index (χ1) is 5.24. The molecule has 1 atom stereocenters. The third-order valence-corrected chi connectivity index (χ3v) is 1.73. The van der Waals surface area contributed by atoms with Crippen molar-refractivity contribution in [2.45, 2.75) is 20.1 Å². The highest BCUT2D eigenvalue weighted by atomic mass is 16.7. The van der Waals surface area contributed by atoms with Gasteiger partial charge < -0.3 is 14.3 Å². The van der Waals surface area contributed by atoms with Gasteiger partial charge >= 0.3 is 0 Å². The van der Waals surface area contributed by atoms with Gasteiger partial charge in [0.1, 0.15) is 6.29 Å². The van der Waals surface area contributed by atoms with E-state index in [1.54, 1.807) is 6.92 Å². The van der Waals surface area contributed by atoms with Crippen LogP contribution in [0.1, 0.15) is 13.8 Å². The second-order valence-electron chi connectivity index (χ2n) is 3.14. The zero-order chi connectivity index (χ0) is 8.27. The van der Waals surface area contributed by atoms with Gasteiger partial charge in [0.15, 0.2) is 6.29 Å². The van der Waals surface area contributed by atoms with Crippen LogP contribution in [-0.4, -0.2) is 25.8 Å². The summed E-state index contributed by atoms with van der Waals surface area (Å²) in [5.74, 6) is 0.299. The molecular weight excluding hydrogens is 144 g/mol. The monoisotopic (exact) mass is 158 g/mol. The Hall–Kier alpha value is -0.410. The van der Waals surface area contributed by atoms with E-state index < -0.39 is 0 Å². The van der Waals surface area contributed by atoms with Gasteiger partial charge in [-0.3, -0.25) is 0 Å². The third-order valence-electron chi connectivity index (χ3n) is 1.73. The van der Waals surface area contributed by atoms with E-state index in [-0.39, 0.29) is 12.2 Å². The van der Waals surface area contributed by atoms with Crippen LogP contribution in [0.4, 0.5) is 0 Å². The molecule has 3 nitrogen and oxygen atoms in total. The Kier molecular flexibility index (Phi) is 3.02. The fourth-order valence-corrected chi connectivity index (χ4v) is 0.982. The quantitative estimate of drug-likeness (QED) is 0.558. The molecule has 1 rings (SSSR count). The van der Waals surface area contributed by atoms with Gasteiger partial charge in [-0.2, -0.15) is 0 Å². The first-order valence-electron chi connectivity index (χ1n) is 3.92. The molecule has 0 amide bonds. The topological polar surface area (TPSA) is 35.5 Å². The van der Waals surface area contributed by atoms with Crippen molar-refractivity contribution in [3.8, 4) is 0 Å². The van der Waals surface area contributed by atoms with Gasteiger partial charge in [0.2, 0.25) is 0 Å². The average molecular weight is 158 g/mol. The Labute approximate surface area is 66.7 Å². The average Bonchev–Trinajstić information content (AvgIpc) is 2.05. The Balaban J connectivity index is 2.32. The van der Waals surface area contributed by atoms with E-state index in [0.29, 0.717) is 19.1 Å². The summed E-state index contributed by atoms with van der Waals surface area (Å²) in [5, 5.41) is 0. The predicted molar refractivity (Wildman–Crippen MR) is 40.1 cm³/mol. The van der Waals surface area contributed by atoms with Crippen LogP contribution < -0.4 is 0 Å². The molecule has 1 aliphatic heterocycles. The van der Waals surface area contributed by atoms with Crippen LogP contribution in [0.15, 0.2) is 0 Å². The molecule has 0 aromatic carbocycles. The van der Waals surface area contributed by atoms with Gasteiger partial charge in [-0.15, -0.1) is 0 Å². The normalized spacial score (nSPS) is 34.7. The second-order valence-corrected chi connectivity index (χ2v) is 3.14. The van der Waals surface area contributed by atoms with Crippen molar-refractivity contribution < 1.29 is 14.3 Å². The molecule has 0 N–H and O–H groups in total. The molecule has 64 valence electrons. The maximum absolute atomic E-state index is 10.3. The lowest BCUT2D eigenvalue weighted by Crippen LogP contribution is -2.35. The van der Waals surface area contributed by atoms with Gasteiger partial charge in [0.05, 0.1) is 19.1 Å². The van der Waals surface area contributed by atoms with Crippen LogP contribution in [0, 0.1) is 11.8 Å². The molecule has 1 fully saturated rings. The van der Waals surface area contributed by atoms with Crippen LogP contribution in [-0.2, 0) is 14.3 Å². The smallest absolute Gasteiger partial charge is 0.166 e. The molecule has 0 saturated carbocycles. The Morgan fingerprint density at radius 2 is 2.00 bits per heavy atom. The van der Waals surface area contributed by atoms with Gasteiger partial charge in [0.25, 0.3) is 0 Å². The number of carbonyl (C=O) groups excluding carboxylic acids is 1. The first-order valence-corrected chi connectivity index (χ1v) is 3.92. The minimum Gasteiger partial charge on any atom is -0.352 e. The Morgan fingerprint density at radius 3 is 2.45 bits per heavy atom. The van der Waals surface area contributed by atoms with Gasteiger partial charge in [0, 0.05) is 5.92 Å². The molecule has 1 aliphatic rings. The summed E-state index contributed by atoms with van der Waals surface area (Å²) in [5.41, 5.74) is 0. The summed E-state index contributed by atoms with van der Waals surface area (Å²) in [6.07, 6.45) is 0.546. The minimum absolute atomic E-state index is 0.150. The van der Waals surface area contributed by atoms with Crippen molar-refractivity contribution in [2.24, 2.45) is 11.8 Å². The van der Waals surface area contributed by atoms with E-state index >= 15 is 0 Å². The fourth-order valence-electron chi connectivity index (χ4n) is 0.982. The van der Waals surface area contributed by atoms with E-state index in [1.165, 1.54) is 0 Å². The molecule has 0 aliphatic carbocycles. The van der Waals surface area contributed by atoms with Gasteiger partial charge in [-0.05, 0) is 0 Å². The highest BCUT2D eigenvalue weighted by molar-refractivity contribution is 5.53. The summed E-state index contributed by atoms with van der Waals surface area (Å²) in [6, 6.07) is 0.